The third kappa shape index (κ3) is 4.69. The van der Waals surface area contributed by atoms with Crippen LogP contribution in [-0.4, -0.2) is 59.8 Å². The lowest BCUT2D eigenvalue weighted by molar-refractivity contribution is -0.139. The van der Waals surface area contributed by atoms with Gasteiger partial charge in [0.15, 0.2) is 0 Å². The lowest BCUT2D eigenvalue weighted by atomic mass is 10.1. The van der Waals surface area contributed by atoms with Crippen LogP contribution in [-0.2, 0) is 14.3 Å². The quantitative estimate of drug-likeness (QED) is 0.609. The second-order valence-electron chi connectivity index (χ2n) is 4.68. The predicted molar refractivity (Wildman–Crippen MR) is 70.0 cm³/mol. The molecule has 2 unspecified atom stereocenters. The van der Waals surface area contributed by atoms with Gasteiger partial charge in [-0.15, -0.1) is 0 Å². The zero-order valence-electron chi connectivity index (χ0n) is 11.5. The molecular weight excluding hydrogens is 266 g/mol. The van der Waals surface area contributed by atoms with E-state index in [4.69, 9.17) is 15.6 Å². The molecule has 0 aliphatic carbocycles. The van der Waals surface area contributed by atoms with Crippen LogP contribution in [0.1, 0.15) is 26.2 Å². The second-order valence-corrected chi connectivity index (χ2v) is 4.68. The Labute approximate surface area is 117 Å². The number of carboxylic acid groups (broad SMARTS) is 1. The first kappa shape index (κ1) is 16.2. The zero-order valence-corrected chi connectivity index (χ0v) is 11.5. The molecule has 0 bridgehead atoms. The van der Waals surface area contributed by atoms with Gasteiger partial charge in [-0.25, -0.2) is 9.59 Å². The highest BCUT2D eigenvalue weighted by Gasteiger charge is 2.29. The third-order valence-electron chi connectivity index (χ3n) is 3.23. The Morgan fingerprint density at radius 1 is 1.50 bits per heavy atom. The molecule has 1 rings (SSSR count). The summed E-state index contributed by atoms with van der Waals surface area (Å²) < 4.78 is 5.29. The Balaban J connectivity index is 2.59. The molecule has 0 spiro atoms. The van der Waals surface area contributed by atoms with E-state index in [-0.39, 0.29) is 18.9 Å². The third-order valence-corrected chi connectivity index (χ3v) is 3.23. The molecule has 2 atom stereocenters. The highest BCUT2D eigenvalue weighted by Crippen LogP contribution is 2.11. The van der Waals surface area contributed by atoms with Gasteiger partial charge in [0.2, 0.25) is 5.91 Å². The molecule has 1 heterocycles. The average Bonchev–Trinajstić information content (AvgIpc) is 2.42. The molecule has 3 amide bonds. The number of hydrogen-bond acceptors (Lipinski definition) is 4. The minimum atomic E-state index is -1.18. The summed E-state index contributed by atoms with van der Waals surface area (Å²) in [5.74, 6) is -1.77. The maximum absolute atomic E-state index is 12.1. The van der Waals surface area contributed by atoms with Crippen LogP contribution >= 0.6 is 0 Å². The number of carbonyl (C=O) groups excluding carboxylic acids is 2. The summed E-state index contributed by atoms with van der Waals surface area (Å²) in [4.78, 5) is 35.5. The first-order valence-corrected chi connectivity index (χ1v) is 6.61. The van der Waals surface area contributed by atoms with E-state index in [1.54, 1.807) is 4.90 Å². The number of hydrogen-bond donors (Lipinski definition) is 3. The van der Waals surface area contributed by atoms with Crippen LogP contribution in [0.25, 0.3) is 0 Å². The maximum atomic E-state index is 12.1. The molecule has 1 saturated heterocycles. The van der Waals surface area contributed by atoms with Crippen LogP contribution in [0.5, 0.6) is 0 Å². The number of nitrogens with zero attached hydrogens (tertiary/aromatic N) is 1. The maximum Gasteiger partial charge on any atom is 0.326 e. The molecule has 8 nitrogen and oxygen atoms in total. The van der Waals surface area contributed by atoms with Gasteiger partial charge in [-0.3, -0.25) is 4.79 Å². The molecule has 4 N–H and O–H groups in total. The van der Waals surface area contributed by atoms with Crippen molar-refractivity contribution in [3.63, 3.8) is 0 Å². The zero-order chi connectivity index (χ0) is 15.1. The van der Waals surface area contributed by atoms with Crippen molar-refractivity contribution >= 4 is 17.9 Å². The Kier molecular flexibility index (Phi) is 6.23. The Morgan fingerprint density at radius 3 is 2.75 bits per heavy atom. The lowest BCUT2D eigenvalue weighted by Gasteiger charge is -2.35. The summed E-state index contributed by atoms with van der Waals surface area (Å²) >= 11 is 0. The number of primary amides is 1. The standard InChI is InChI=1S/C12H21N3O5/c1-2-8-7-20-6-5-15(8)12(19)14-9(11(17)18)3-4-10(13)16/h8-9H,2-7H2,1H3,(H2,13,16)(H,14,19)(H,17,18). The van der Waals surface area contributed by atoms with Crippen LogP contribution in [0.2, 0.25) is 0 Å². The first-order chi connectivity index (χ1) is 9.45. The summed E-state index contributed by atoms with van der Waals surface area (Å²) in [5, 5.41) is 11.5. The van der Waals surface area contributed by atoms with Crippen LogP contribution in [0.15, 0.2) is 0 Å². The lowest BCUT2D eigenvalue weighted by Crippen LogP contribution is -2.55. The number of aliphatic carboxylic acids is 1. The molecule has 0 aromatic carbocycles. The van der Waals surface area contributed by atoms with E-state index in [2.05, 4.69) is 5.32 Å². The number of rotatable bonds is 6. The van der Waals surface area contributed by atoms with E-state index in [9.17, 15) is 14.4 Å². The van der Waals surface area contributed by atoms with Gasteiger partial charge in [0.25, 0.3) is 0 Å². The highest BCUT2D eigenvalue weighted by atomic mass is 16.5. The van der Waals surface area contributed by atoms with Gasteiger partial charge in [0, 0.05) is 13.0 Å². The number of morpholine rings is 1. The minimum absolute atomic E-state index is 0.0163. The number of carboxylic acids is 1. The van der Waals surface area contributed by atoms with Gasteiger partial charge in [-0.1, -0.05) is 6.92 Å². The Morgan fingerprint density at radius 2 is 2.20 bits per heavy atom. The van der Waals surface area contributed by atoms with E-state index in [0.717, 1.165) is 6.42 Å². The van der Waals surface area contributed by atoms with Crippen LogP contribution in [0.4, 0.5) is 4.79 Å². The summed E-state index contributed by atoms with van der Waals surface area (Å²) in [6.07, 6.45) is 0.627. The van der Waals surface area contributed by atoms with Crippen LogP contribution < -0.4 is 11.1 Å². The van der Waals surface area contributed by atoms with Gasteiger partial charge in [0.05, 0.1) is 19.3 Å². The monoisotopic (exact) mass is 287 g/mol. The van der Waals surface area contributed by atoms with E-state index < -0.39 is 23.9 Å². The summed E-state index contributed by atoms with van der Waals surface area (Å²) in [6.45, 7) is 3.24. The van der Waals surface area contributed by atoms with E-state index in [0.29, 0.717) is 19.8 Å². The van der Waals surface area contributed by atoms with Gasteiger partial charge in [-0.05, 0) is 12.8 Å². The molecule has 0 radical (unpaired) electrons. The fourth-order valence-electron chi connectivity index (χ4n) is 2.04. The van der Waals surface area contributed by atoms with Crippen molar-refractivity contribution in [2.24, 2.45) is 5.73 Å². The summed E-state index contributed by atoms with van der Waals surface area (Å²) in [5.41, 5.74) is 4.99. The number of carbonyl (C=O) groups is 3. The largest absolute Gasteiger partial charge is 0.480 e. The number of amides is 3. The van der Waals surface area contributed by atoms with Crippen molar-refractivity contribution in [1.82, 2.24) is 10.2 Å². The van der Waals surface area contributed by atoms with Crippen molar-refractivity contribution < 1.29 is 24.2 Å². The second kappa shape index (κ2) is 7.68. The molecule has 20 heavy (non-hydrogen) atoms. The van der Waals surface area contributed by atoms with E-state index >= 15 is 0 Å². The Bertz CT molecular complexity index is 374. The van der Waals surface area contributed by atoms with Gasteiger partial charge < -0.3 is 25.8 Å². The number of urea groups is 1. The number of nitrogens with one attached hydrogen (secondary N) is 1. The normalized spacial score (nSPS) is 20.2. The average molecular weight is 287 g/mol. The number of nitrogens with two attached hydrogens (primary N) is 1. The summed E-state index contributed by atoms with van der Waals surface area (Å²) in [6, 6.07) is -1.62. The predicted octanol–water partition coefficient (Wildman–Crippen LogP) is -0.474. The van der Waals surface area contributed by atoms with Crippen molar-refractivity contribution in [2.75, 3.05) is 19.8 Å². The van der Waals surface area contributed by atoms with Gasteiger partial charge in [0.1, 0.15) is 6.04 Å². The smallest absolute Gasteiger partial charge is 0.326 e. The molecular formula is C12H21N3O5. The Hall–Kier alpha value is -1.83. The number of ether oxygens (including phenoxy) is 1. The molecule has 114 valence electrons. The minimum Gasteiger partial charge on any atom is -0.480 e. The van der Waals surface area contributed by atoms with Crippen molar-refractivity contribution in [2.45, 2.75) is 38.3 Å². The van der Waals surface area contributed by atoms with Crippen LogP contribution in [0, 0.1) is 0 Å². The molecule has 0 aromatic heterocycles. The fourth-order valence-corrected chi connectivity index (χ4v) is 2.04. The molecule has 0 aromatic rings. The van der Waals surface area contributed by atoms with Crippen LogP contribution in [0.3, 0.4) is 0 Å². The first-order valence-electron chi connectivity index (χ1n) is 6.61. The molecule has 0 saturated carbocycles. The van der Waals surface area contributed by atoms with Crippen molar-refractivity contribution in [1.29, 1.82) is 0 Å². The summed E-state index contributed by atoms with van der Waals surface area (Å²) in [7, 11) is 0. The highest BCUT2D eigenvalue weighted by molar-refractivity contribution is 5.83. The topological polar surface area (TPSA) is 122 Å². The molecule has 8 heteroatoms. The molecule has 1 aliphatic rings. The van der Waals surface area contributed by atoms with E-state index in [1.807, 2.05) is 6.92 Å². The molecule has 1 fully saturated rings. The van der Waals surface area contributed by atoms with Crippen molar-refractivity contribution in [3.05, 3.63) is 0 Å². The van der Waals surface area contributed by atoms with Crippen molar-refractivity contribution in [3.8, 4) is 0 Å². The molecule has 1 aliphatic heterocycles. The van der Waals surface area contributed by atoms with E-state index in [1.165, 1.54) is 0 Å². The fraction of sp³-hybridized carbons (Fsp3) is 0.750. The van der Waals surface area contributed by atoms with Gasteiger partial charge >= 0.3 is 12.0 Å². The van der Waals surface area contributed by atoms with Gasteiger partial charge in [-0.2, -0.15) is 0 Å². The SMILES string of the molecule is CCC1COCCN1C(=O)NC(CCC(N)=O)C(=O)O.